The van der Waals surface area contributed by atoms with Gasteiger partial charge in [-0.3, -0.25) is 4.79 Å². The molecule has 1 aromatic heterocycles. The summed E-state index contributed by atoms with van der Waals surface area (Å²) in [6, 6.07) is 7.16. The number of carbonyl (C=O) groups is 1. The van der Waals surface area contributed by atoms with Gasteiger partial charge in [-0.05, 0) is 32.0 Å². The molecule has 0 unspecified atom stereocenters. The van der Waals surface area contributed by atoms with E-state index in [2.05, 4.69) is 10.3 Å². The Kier molecular flexibility index (Phi) is 4.52. The molecule has 0 bridgehead atoms. The molecule has 0 atom stereocenters. The zero-order valence-electron chi connectivity index (χ0n) is 11.0. The lowest BCUT2D eigenvalue weighted by Gasteiger charge is -2.06. The Morgan fingerprint density at radius 3 is 3.00 bits per heavy atom. The van der Waals surface area contributed by atoms with Gasteiger partial charge in [0.05, 0.1) is 10.7 Å². The van der Waals surface area contributed by atoms with Gasteiger partial charge >= 0.3 is 0 Å². The van der Waals surface area contributed by atoms with E-state index >= 15 is 0 Å². The van der Waals surface area contributed by atoms with E-state index in [1.54, 1.807) is 23.5 Å². The monoisotopic (exact) mass is 276 g/mol. The molecule has 100 valence electrons. The smallest absolute Gasteiger partial charge is 0.251 e. The van der Waals surface area contributed by atoms with Crippen LogP contribution in [0.1, 0.15) is 28.0 Å². The number of thiazole rings is 1. The molecule has 5 heteroatoms. The van der Waals surface area contributed by atoms with Crippen LogP contribution in [-0.2, 0) is 6.61 Å². The van der Waals surface area contributed by atoms with E-state index in [4.69, 9.17) is 4.74 Å². The molecule has 0 aliphatic rings. The molecular formula is C14H16N2O2S. The average molecular weight is 276 g/mol. The van der Waals surface area contributed by atoms with Crippen molar-refractivity contribution in [1.29, 1.82) is 0 Å². The first kappa shape index (κ1) is 13.5. The van der Waals surface area contributed by atoms with Crippen molar-refractivity contribution >= 4 is 17.2 Å². The number of rotatable bonds is 5. The zero-order chi connectivity index (χ0) is 13.7. The molecule has 0 spiro atoms. The lowest BCUT2D eigenvalue weighted by atomic mass is 10.2. The van der Waals surface area contributed by atoms with Crippen LogP contribution in [0.4, 0.5) is 0 Å². The minimum atomic E-state index is -0.0857. The number of benzene rings is 1. The van der Waals surface area contributed by atoms with Gasteiger partial charge in [-0.15, -0.1) is 11.3 Å². The molecule has 0 saturated heterocycles. The third kappa shape index (κ3) is 3.79. The van der Waals surface area contributed by atoms with E-state index in [9.17, 15) is 4.79 Å². The number of amides is 1. The van der Waals surface area contributed by atoms with Crippen molar-refractivity contribution < 1.29 is 9.53 Å². The Labute approximate surface area is 116 Å². The summed E-state index contributed by atoms with van der Waals surface area (Å²) in [6.45, 7) is 4.89. The molecule has 1 N–H and O–H groups in total. The molecule has 0 radical (unpaired) electrons. The molecule has 19 heavy (non-hydrogen) atoms. The van der Waals surface area contributed by atoms with E-state index in [0.29, 0.717) is 24.5 Å². The summed E-state index contributed by atoms with van der Waals surface area (Å²) < 4.78 is 5.64. The summed E-state index contributed by atoms with van der Waals surface area (Å²) in [7, 11) is 0. The maximum absolute atomic E-state index is 11.7. The van der Waals surface area contributed by atoms with Crippen LogP contribution < -0.4 is 10.1 Å². The Hall–Kier alpha value is -1.88. The molecule has 1 heterocycles. The maximum Gasteiger partial charge on any atom is 0.251 e. The molecule has 2 rings (SSSR count). The van der Waals surface area contributed by atoms with Gasteiger partial charge in [-0.1, -0.05) is 6.07 Å². The van der Waals surface area contributed by atoms with E-state index < -0.39 is 0 Å². The molecule has 0 aliphatic heterocycles. The summed E-state index contributed by atoms with van der Waals surface area (Å²) in [4.78, 5) is 16.0. The lowest BCUT2D eigenvalue weighted by molar-refractivity contribution is 0.0955. The number of hydrogen-bond acceptors (Lipinski definition) is 4. The number of hydrogen-bond donors (Lipinski definition) is 1. The first-order chi connectivity index (χ1) is 9.19. The van der Waals surface area contributed by atoms with Gasteiger partial charge in [0.25, 0.3) is 5.91 Å². The third-order valence-corrected chi connectivity index (χ3v) is 3.31. The number of nitrogens with one attached hydrogen (secondary N) is 1. The summed E-state index contributed by atoms with van der Waals surface area (Å²) in [5, 5.41) is 5.76. The largest absolute Gasteiger partial charge is 0.487 e. The van der Waals surface area contributed by atoms with Crippen LogP contribution in [0, 0.1) is 6.92 Å². The van der Waals surface area contributed by atoms with E-state index in [-0.39, 0.29) is 5.91 Å². The molecule has 4 nitrogen and oxygen atoms in total. The predicted molar refractivity (Wildman–Crippen MR) is 75.6 cm³/mol. The number of aryl methyl sites for hydroxylation is 1. The second-order valence-corrected chi connectivity index (χ2v) is 5.10. The van der Waals surface area contributed by atoms with Crippen LogP contribution in [0.2, 0.25) is 0 Å². The first-order valence-corrected chi connectivity index (χ1v) is 6.99. The van der Waals surface area contributed by atoms with Crippen molar-refractivity contribution in [2.75, 3.05) is 6.54 Å². The Balaban J connectivity index is 2.00. The summed E-state index contributed by atoms with van der Waals surface area (Å²) in [6.07, 6.45) is 0. The van der Waals surface area contributed by atoms with Gasteiger partial charge in [0, 0.05) is 17.5 Å². The average Bonchev–Trinajstić information content (AvgIpc) is 2.83. The normalized spacial score (nSPS) is 10.2. The van der Waals surface area contributed by atoms with Gasteiger partial charge in [0.15, 0.2) is 0 Å². The third-order valence-electron chi connectivity index (χ3n) is 2.49. The van der Waals surface area contributed by atoms with Crippen LogP contribution in [0.25, 0.3) is 0 Å². The topological polar surface area (TPSA) is 51.2 Å². The second kappa shape index (κ2) is 6.33. The van der Waals surface area contributed by atoms with Crippen molar-refractivity contribution in [2.45, 2.75) is 20.5 Å². The summed E-state index contributed by atoms with van der Waals surface area (Å²) in [5.41, 5.74) is 1.51. The van der Waals surface area contributed by atoms with Crippen LogP contribution in [0.15, 0.2) is 29.6 Å². The minimum Gasteiger partial charge on any atom is -0.487 e. The predicted octanol–water partition coefficient (Wildman–Crippen LogP) is 2.78. The van der Waals surface area contributed by atoms with Crippen LogP contribution in [0.3, 0.4) is 0 Å². The highest BCUT2D eigenvalue weighted by molar-refractivity contribution is 7.09. The first-order valence-electron chi connectivity index (χ1n) is 6.11. The van der Waals surface area contributed by atoms with E-state index in [1.165, 1.54) is 0 Å². The van der Waals surface area contributed by atoms with E-state index in [1.807, 2.05) is 31.4 Å². The number of nitrogens with zero attached hydrogens (tertiary/aromatic N) is 1. The number of ether oxygens (including phenoxy) is 1. The standard InChI is InChI=1S/C14H16N2O2S/c1-3-15-14(17)11-5-4-6-13(7-11)18-8-12-9-19-10(2)16-12/h4-7,9H,3,8H2,1-2H3,(H,15,17). The van der Waals surface area contributed by atoms with Crippen molar-refractivity contribution in [3.8, 4) is 5.75 Å². The van der Waals surface area contributed by atoms with Gasteiger partial charge in [0.1, 0.15) is 12.4 Å². The molecule has 2 aromatic rings. The highest BCUT2D eigenvalue weighted by Gasteiger charge is 2.06. The van der Waals surface area contributed by atoms with Crippen molar-refractivity contribution in [3.63, 3.8) is 0 Å². The molecule has 0 fully saturated rings. The molecule has 1 aromatic carbocycles. The fraction of sp³-hybridized carbons (Fsp3) is 0.286. The van der Waals surface area contributed by atoms with Gasteiger partial charge < -0.3 is 10.1 Å². The Morgan fingerprint density at radius 1 is 1.47 bits per heavy atom. The molecule has 0 aliphatic carbocycles. The Bertz CT molecular complexity index is 566. The molecule has 0 saturated carbocycles. The quantitative estimate of drug-likeness (QED) is 0.913. The molecular weight excluding hydrogens is 260 g/mol. The van der Waals surface area contributed by atoms with E-state index in [0.717, 1.165) is 10.7 Å². The van der Waals surface area contributed by atoms with Gasteiger partial charge in [-0.25, -0.2) is 4.98 Å². The Morgan fingerprint density at radius 2 is 2.32 bits per heavy atom. The van der Waals surface area contributed by atoms with Crippen LogP contribution >= 0.6 is 11.3 Å². The highest BCUT2D eigenvalue weighted by Crippen LogP contribution is 2.16. The van der Waals surface area contributed by atoms with Crippen LogP contribution in [-0.4, -0.2) is 17.4 Å². The van der Waals surface area contributed by atoms with Crippen molar-refractivity contribution in [3.05, 3.63) is 45.9 Å². The van der Waals surface area contributed by atoms with Crippen LogP contribution in [0.5, 0.6) is 5.75 Å². The summed E-state index contributed by atoms with van der Waals surface area (Å²) >= 11 is 1.60. The second-order valence-electron chi connectivity index (χ2n) is 4.03. The SMILES string of the molecule is CCNC(=O)c1cccc(OCc2csc(C)n2)c1. The minimum absolute atomic E-state index is 0.0857. The highest BCUT2D eigenvalue weighted by atomic mass is 32.1. The summed E-state index contributed by atoms with van der Waals surface area (Å²) in [5.74, 6) is 0.590. The maximum atomic E-state index is 11.7. The zero-order valence-corrected chi connectivity index (χ0v) is 11.8. The van der Waals surface area contributed by atoms with Crippen molar-refractivity contribution in [2.24, 2.45) is 0 Å². The van der Waals surface area contributed by atoms with Gasteiger partial charge in [-0.2, -0.15) is 0 Å². The fourth-order valence-electron chi connectivity index (χ4n) is 1.62. The number of carbonyl (C=O) groups excluding carboxylic acids is 1. The van der Waals surface area contributed by atoms with Crippen molar-refractivity contribution in [1.82, 2.24) is 10.3 Å². The van der Waals surface area contributed by atoms with Gasteiger partial charge in [0.2, 0.25) is 0 Å². The molecule has 1 amide bonds. The lowest BCUT2D eigenvalue weighted by Crippen LogP contribution is -2.22. The number of aromatic nitrogens is 1. The fourth-order valence-corrected chi connectivity index (χ4v) is 2.22.